The molecule has 7 heteroatoms. The number of carbonyl (C=O) groups is 2. The summed E-state index contributed by atoms with van der Waals surface area (Å²) in [6.07, 6.45) is -0.561. The fourth-order valence-electron chi connectivity index (χ4n) is 0.814. The van der Waals surface area contributed by atoms with E-state index in [1.165, 1.54) is 0 Å². The number of aliphatic hydroxyl groups is 1. The third kappa shape index (κ3) is 4.65. The second-order valence-corrected chi connectivity index (χ2v) is 3.46. The number of aliphatic carboxylic acids is 2. The SMILES string of the molecule is O=[PH2]C(O)C(CCC(=O)O)C(=O)O. The van der Waals surface area contributed by atoms with Crippen LogP contribution in [0.4, 0.5) is 0 Å². The highest BCUT2D eigenvalue weighted by Gasteiger charge is 2.25. The maximum absolute atomic E-state index is 10.4. The maximum Gasteiger partial charge on any atom is 0.309 e. The molecule has 0 aliphatic rings. The van der Waals surface area contributed by atoms with Crippen molar-refractivity contribution in [3.63, 3.8) is 0 Å². The molecule has 6 nitrogen and oxygen atoms in total. The smallest absolute Gasteiger partial charge is 0.309 e. The minimum absolute atomic E-state index is 0.207. The first kappa shape index (κ1) is 12.1. The summed E-state index contributed by atoms with van der Waals surface area (Å²) in [6, 6.07) is 0. The van der Waals surface area contributed by atoms with Gasteiger partial charge in [0.25, 0.3) is 0 Å². The van der Waals surface area contributed by atoms with Crippen molar-refractivity contribution in [2.45, 2.75) is 18.7 Å². The molecule has 0 aromatic rings. The van der Waals surface area contributed by atoms with E-state index in [9.17, 15) is 14.2 Å². The monoisotopic (exact) mass is 210 g/mol. The molecule has 3 unspecified atom stereocenters. The Morgan fingerprint density at radius 1 is 1.31 bits per heavy atom. The summed E-state index contributed by atoms with van der Waals surface area (Å²) >= 11 is 0. The zero-order valence-corrected chi connectivity index (χ0v) is 7.87. The Morgan fingerprint density at radius 3 is 2.15 bits per heavy atom. The number of hydrogen-bond acceptors (Lipinski definition) is 4. The molecule has 0 fully saturated rings. The van der Waals surface area contributed by atoms with Crippen molar-refractivity contribution in [2.75, 3.05) is 0 Å². The highest BCUT2D eigenvalue weighted by Crippen LogP contribution is 2.19. The molecule has 0 radical (unpaired) electrons. The average molecular weight is 210 g/mol. The van der Waals surface area contributed by atoms with Crippen LogP contribution in [0, 0.1) is 5.92 Å². The van der Waals surface area contributed by atoms with Crippen molar-refractivity contribution in [3.8, 4) is 0 Å². The van der Waals surface area contributed by atoms with E-state index in [4.69, 9.17) is 15.3 Å². The third-order valence-electron chi connectivity index (χ3n) is 1.54. The van der Waals surface area contributed by atoms with Crippen molar-refractivity contribution in [1.29, 1.82) is 0 Å². The van der Waals surface area contributed by atoms with Gasteiger partial charge < -0.3 is 19.9 Å². The number of aliphatic hydroxyl groups excluding tert-OH is 1. The van der Waals surface area contributed by atoms with Crippen molar-refractivity contribution >= 4 is 20.4 Å². The van der Waals surface area contributed by atoms with E-state index in [0.717, 1.165) is 0 Å². The number of hydrogen-bond donors (Lipinski definition) is 3. The Kier molecular flexibility index (Phi) is 5.34. The molecule has 0 aliphatic carbocycles. The predicted molar refractivity (Wildman–Crippen MR) is 44.4 cm³/mol. The van der Waals surface area contributed by atoms with E-state index < -0.39 is 32.2 Å². The molecule has 0 saturated carbocycles. The molecule has 0 aromatic carbocycles. The van der Waals surface area contributed by atoms with E-state index in [2.05, 4.69) is 0 Å². The Balaban J connectivity index is 4.18. The van der Waals surface area contributed by atoms with Gasteiger partial charge in [-0.1, -0.05) is 0 Å². The van der Waals surface area contributed by atoms with Crippen LogP contribution in [0.2, 0.25) is 0 Å². The molecule has 0 aliphatic heterocycles. The van der Waals surface area contributed by atoms with E-state index in [0.29, 0.717) is 0 Å². The standard InChI is InChI=1S/C6H11O6P/c7-4(8)2-1-3(5(9)10)6(11)13-12/h3,6,11H,1-2,13H2,(H,7,8)(H,9,10). The third-order valence-corrected chi connectivity index (χ3v) is 2.28. The highest BCUT2D eigenvalue weighted by atomic mass is 31.1. The second kappa shape index (κ2) is 5.72. The van der Waals surface area contributed by atoms with Crippen molar-refractivity contribution in [3.05, 3.63) is 0 Å². The van der Waals surface area contributed by atoms with Crippen LogP contribution in [0.25, 0.3) is 0 Å². The van der Waals surface area contributed by atoms with Crippen LogP contribution in [0.3, 0.4) is 0 Å². The van der Waals surface area contributed by atoms with Gasteiger partial charge in [-0.15, -0.1) is 0 Å². The van der Waals surface area contributed by atoms with Gasteiger partial charge in [-0.2, -0.15) is 0 Å². The van der Waals surface area contributed by atoms with Crippen LogP contribution in [0.15, 0.2) is 0 Å². The Bertz CT molecular complexity index is 215. The first-order valence-corrected chi connectivity index (χ1v) is 4.70. The predicted octanol–water partition coefficient (Wildman–Crippen LogP) is -0.373. The lowest BCUT2D eigenvalue weighted by atomic mass is 10.0. The zero-order chi connectivity index (χ0) is 10.4. The number of carboxylic acids is 2. The van der Waals surface area contributed by atoms with Gasteiger partial charge in [0.2, 0.25) is 0 Å². The summed E-state index contributed by atoms with van der Waals surface area (Å²) in [5.41, 5.74) is 0. The first-order chi connectivity index (χ1) is 5.99. The van der Waals surface area contributed by atoms with Gasteiger partial charge in [0.05, 0.1) is 14.4 Å². The average Bonchev–Trinajstić information content (AvgIpc) is 2.03. The summed E-state index contributed by atoms with van der Waals surface area (Å²) < 4.78 is 10.2. The normalized spacial score (nSPS) is 15.8. The second-order valence-electron chi connectivity index (χ2n) is 2.50. The quantitative estimate of drug-likeness (QED) is 0.515. The lowest BCUT2D eigenvalue weighted by Crippen LogP contribution is -2.24. The molecule has 3 atom stereocenters. The van der Waals surface area contributed by atoms with Crippen LogP contribution >= 0.6 is 8.46 Å². The van der Waals surface area contributed by atoms with E-state index in [-0.39, 0.29) is 12.8 Å². The van der Waals surface area contributed by atoms with Gasteiger partial charge in [-0.25, -0.2) is 0 Å². The molecule has 0 heterocycles. The van der Waals surface area contributed by atoms with E-state index >= 15 is 0 Å². The zero-order valence-electron chi connectivity index (χ0n) is 6.71. The fraction of sp³-hybridized carbons (Fsp3) is 0.667. The molecule has 13 heavy (non-hydrogen) atoms. The van der Waals surface area contributed by atoms with Gasteiger partial charge in [-0.3, -0.25) is 9.59 Å². The number of carboxylic acid groups (broad SMARTS) is 2. The summed E-state index contributed by atoms with van der Waals surface area (Å²) in [5.74, 6) is -5.14. The Morgan fingerprint density at radius 2 is 1.85 bits per heavy atom. The van der Waals surface area contributed by atoms with Gasteiger partial charge in [-0.05, 0) is 6.42 Å². The van der Waals surface area contributed by atoms with Crippen LogP contribution in [0.1, 0.15) is 12.8 Å². The molecule has 76 valence electrons. The summed E-state index contributed by atoms with van der Waals surface area (Å²) in [4.78, 5) is 20.5. The lowest BCUT2D eigenvalue weighted by Gasteiger charge is -2.12. The summed E-state index contributed by atoms with van der Waals surface area (Å²) in [6.45, 7) is 0. The maximum atomic E-state index is 10.4. The molecule has 0 amide bonds. The number of rotatable bonds is 6. The molecule has 0 aromatic heterocycles. The van der Waals surface area contributed by atoms with Crippen molar-refractivity contribution in [2.24, 2.45) is 5.92 Å². The topological polar surface area (TPSA) is 112 Å². The van der Waals surface area contributed by atoms with E-state index in [1.54, 1.807) is 0 Å². The Hall–Kier alpha value is -0.870. The van der Waals surface area contributed by atoms with Crippen molar-refractivity contribution < 1.29 is 29.5 Å². The first-order valence-electron chi connectivity index (χ1n) is 3.57. The minimum Gasteiger partial charge on any atom is -0.481 e. The minimum atomic E-state index is -1.61. The van der Waals surface area contributed by atoms with Crippen LogP contribution < -0.4 is 0 Å². The van der Waals surface area contributed by atoms with Gasteiger partial charge in [0, 0.05) is 6.42 Å². The molecular weight excluding hydrogens is 199 g/mol. The Labute approximate surface area is 75.4 Å². The summed E-state index contributed by atoms with van der Waals surface area (Å²) in [7, 11) is -1.61. The van der Waals surface area contributed by atoms with Crippen LogP contribution in [0.5, 0.6) is 0 Å². The largest absolute Gasteiger partial charge is 0.481 e. The molecule has 0 bridgehead atoms. The van der Waals surface area contributed by atoms with Crippen LogP contribution in [-0.4, -0.2) is 33.1 Å². The highest BCUT2D eigenvalue weighted by molar-refractivity contribution is 7.24. The molecule has 0 rings (SSSR count). The van der Waals surface area contributed by atoms with Gasteiger partial charge in [0.1, 0.15) is 5.85 Å². The molecule has 0 spiro atoms. The van der Waals surface area contributed by atoms with Gasteiger partial charge in [0.15, 0.2) is 0 Å². The lowest BCUT2D eigenvalue weighted by molar-refractivity contribution is -0.145. The molecular formula is C6H11O6P. The van der Waals surface area contributed by atoms with Crippen LogP contribution in [-0.2, 0) is 14.2 Å². The summed E-state index contributed by atoms with van der Waals surface area (Å²) in [5, 5.41) is 25.7. The van der Waals surface area contributed by atoms with Crippen molar-refractivity contribution in [1.82, 2.24) is 0 Å². The van der Waals surface area contributed by atoms with Gasteiger partial charge >= 0.3 is 11.9 Å². The molecule has 3 N–H and O–H groups in total. The fourth-order valence-corrected chi connectivity index (χ4v) is 1.36. The molecule has 0 saturated heterocycles. The van der Waals surface area contributed by atoms with E-state index in [1.807, 2.05) is 0 Å².